The number of amides is 2. The minimum Gasteiger partial charge on any atom is -0.329 e. The number of hydrogen-bond acceptors (Lipinski definition) is 5. The van der Waals surface area contributed by atoms with E-state index in [4.69, 9.17) is 0 Å². The van der Waals surface area contributed by atoms with Crippen LogP contribution in [0.3, 0.4) is 0 Å². The number of rotatable bonds is 5. The van der Waals surface area contributed by atoms with Crippen LogP contribution in [-0.2, 0) is 0 Å². The SMILES string of the molecule is Cc1cccnc1C(NC(=O)Nc1ccncc1[N+](=O)[O-])C(C)C. The van der Waals surface area contributed by atoms with Gasteiger partial charge in [0.25, 0.3) is 0 Å². The third-order valence-corrected chi connectivity index (χ3v) is 3.54. The first-order chi connectivity index (χ1) is 11.4. The van der Waals surface area contributed by atoms with Gasteiger partial charge in [-0.25, -0.2) is 4.79 Å². The molecule has 0 aliphatic rings. The van der Waals surface area contributed by atoms with Crippen molar-refractivity contribution in [3.63, 3.8) is 0 Å². The second-order valence-corrected chi connectivity index (χ2v) is 5.68. The summed E-state index contributed by atoms with van der Waals surface area (Å²) in [6.07, 6.45) is 4.15. The van der Waals surface area contributed by atoms with Crippen molar-refractivity contribution in [2.45, 2.75) is 26.8 Å². The van der Waals surface area contributed by atoms with Gasteiger partial charge in [0.15, 0.2) is 0 Å². The molecule has 0 fully saturated rings. The lowest BCUT2D eigenvalue weighted by molar-refractivity contribution is -0.384. The average Bonchev–Trinajstić information content (AvgIpc) is 2.53. The number of aryl methyl sites for hydroxylation is 1. The van der Waals surface area contributed by atoms with Gasteiger partial charge in [-0.15, -0.1) is 0 Å². The third kappa shape index (κ3) is 4.03. The Labute approximate surface area is 139 Å². The molecule has 8 heteroatoms. The highest BCUT2D eigenvalue weighted by Gasteiger charge is 2.23. The normalized spacial score (nSPS) is 11.8. The van der Waals surface area contributed by atoms with Crippen molar-refractivity contribution in [2.24, 2.45) is 5.92 Å². The van der Waals surface area contributed by atoms with Crippen molar-refractivity contribution in [1.29, 1.82) is 0 Å². The van der Waals surface area contributed by atoms with Gasteiger partial charge < -0.3 is 10.6 Å². The maximum absolute atomic E-state index is 12.3. The summed E-state index contributed by atoms with van der Waals surface area (Å²) in [6, 6.07) is 4.29. The number of aromatic nitrogens is 2. The fourth-order valence-electron chi connectivity index (χ4n) is 2.31. The van der Waals surface area contributed by atoms with Crippen molar-refractivity contribution in [3.8, 4) is 0 Å². The van der Waals surface area contributed by atoms with Crippen LogP contribution in [-0.4, -0.2) is 20.9 Å². The van der Waals surface area contributed by atoms with Gasteiger partial charge in [-0.2, -0.15) is 0 Å². The highest BCUT2D eigenvalue weighted by molar-refractivity contribution is 5.91. The zero-order chi connectivity index (χ0) is 17.7. The van der Waals surface area contributed by atoms with Crippen LogP contribution in [0.4, 0.5) is 16.2 Å². The maximum Gasteiger partial charge on any atom is 0.319 e. The van der Waals surface area contributed by atoms with E-state index >= 15 is 0 Å². The van der Waals surface area contributed by atoms with Crippen molar-refractivity contribution < 1.29 is 9.72 Å². The molecule has 0 aromatic carbocycles. The van der Waals surface area contributed by atoms with Crippen molar-refractivity contribution in [1.82, 2.24) is 15.3 Å². The Hall–Kier alpha value is -3.03. The van der Waals surface area contributed by atoms with Crippen LogP contribution in [0.1, 0.15) is 31.1 Å². The molecule has 0 aliphatic heterocycles. The van der Waals surface area contributed by atoms with E-state index < -0.39 is 11.0 Å². The van der Waals surface area contributed by atoms with E-state index in [1.165, 1.54) is 12.3 Å². The topological polar surface area (TPSA) is 110 Å². The van der Waals surface area contributed by atoms with Gasteiger partial charge >= 0.3 is 11.7 Å². The number of nitrogens with one attached hydrogen (secondary N) is 2. The highest BCUT2D eigenvalue weighted by Crippen LogP contribution is 2.24. The summed E-state index contributed by atoms with van der Waals surface area (Å²) in [6.45, 7) is 5.85. The summed E-state index contributed by atoms with van der Waals surface area (Å²) in [4.78, 5) is 30.7. The largest absolute Gasteiger partial charge is 0.329 e. The van der Waals surface area contributed by atoms with E-state index in [2.05, 4.69) is 20.6 Å². The first kappa shape index (κ1) is 17.3. The molecule has 2 rings (SSSR count). The Balaban J connectivity index is 2.18. The summed E-state index contributed by atoms with van der Waals surface area (Å²) < 4.78 is 0. The lowest BCUT2D eigenvalue weighted by Gasteiger charge is -2.23. The Morgan fingerprint density at radius 2 is 2.04 bits per heavy atom. The number of hydrogen-bond donors (Lipinski definition) is 2. The molecule has 2 aromatic heterocycles. The molecule has 2 amide bonds. The monoisotopic (exact) mass is 329 g/mol. The standard InChI is InChI=1S/C16H19N5O3/c1-10(2)14(15-11(3)5-4-7-18-15)20-16(22)19-12-6-8-17-9-13(12)21(23)24/h4-10,14H,1-3H3,(H2,17,19,20,22). The molecule has 2 N–H and O–H groups in total. The minimum atomic E-state index is -0.592. The molecule has 0 saturated carbocycles. The summed E-state index contributed by atoms with van der Waals surface area (Å²) >= 11 is 0. The molecule has 1 unspecified atom stereocenters. The molecule has 0 bridgehead atoms. The zero-order valence-electron chi connectivity index (χ0n) is 13.7. The van der Waals surface area contributed by atoms with Crippen LogP contribution >= 0.6 is 0 Å². The fraction of sp³-hybridized carbons (Fsp3) is 0.312. The third-order valence-electron chi connectivity index (χ3n) is 3.54. The first-order valence-electron chi connectivity index (χ1n) is 7.47. The number of carbonyl (C=O) groups excluding carboxylic acids is 1. The second kappa shape index (κ2) is 7.49. The predicted octanol–water partition coefficient (Wildman–Crippen LogP) is 3.21. The number of carbonyl (C=O) groups is 1. The maximum atomic E-state index is 12.3. The van der Waals surface area contributed by atoms with Gasteiger partial charge in [-0.3, -0.25) is 20.1 Å². The van der Waals surface area contributed by atoms with E-state index in [1.807, 2.05) is 32.9 Å². The Kier molecular flexibility index (Phi) is 5.41. The lowest BCUT2D eigenvalue weighted by atomic mass is 9.97. The molecule has 0 spiro atoms. The van der Waals surface area contributed by atoms with Gasteiger partial charge in [0.05, 0.1) is 16.7 Å². The van der Waals surface area contributed by atoms with Crippen molar-refractivity contribution in [3.05, 3.63) is 58.2 Å². The highest BCUT2D eigenvalue weighted by atomic mass is 16.6. The van der Waals surface area contributed by atoms with Crippen LogP contribution in [0.15, 0.2) is 36.8 Å². The zero-order valence-corrected chi connectivity index (χ0v) is 13.7. The molecule has 0 saturated heterocycles. The smallest absolute Gasteiger partial charge is 0.319 e. The van der Waals surface area contributed by atoms with Gasteiger partial charge in [-0.1, -0.05) is 19.9 Å². The number of pyridine rings is 2. The first-order valence-corrected chi connectivity index (χ1v) is 7.47. The van der Waals surface area contributed by atoms with Gasteiger partial charge in [0.2, 0.25) is 0 Å². The minimum absolute atomic E-state index is 0.0905. The molecule has 0 aliphatic carbocycles. The molecular formula is C16H19N5O3. The summed E-state index contributed by atoms with van der Waals surface area (Å²) in [7, 11) is 0. The number of anilines is 1. The van der Waals surface area contributed by atoms with E-state index in [0.29, 0.717) is 0 Å². The molecule has 24 heavy (non-hydrogen) atoms. The van der Waals surface area contributed by atoms with E-state index in [-0.39, 0.29) is 23.3 Å². The number of nitrogens with zero attached hydrogens (tertiary/aromatic N) is 3. The van der Waals surface area contributed by atoms with E-state index in [0.717, 1.165) is 17.5 Å². The number of nitro groups is 1. The summed E-state index contributed by atoms with van der Waals surface area (Å²) in [5.41, 5.74) is 1.56. The average molecular weight is 329 g/mol. The van der Waals surface area contributed by atoms with Crippen LogP contribution in [0.2, 0.25) is 0 Å². The van der Waals surface area contributed by atoms with Gasteiger partial charge in [0.1, 0.15) is 11.9 Å². The molecule has 0 radical (unpaired) electrons. The lowest BCUT2D eigenvalue weighted by Crippen LogP contribution is -2.36. The second-order valence-electron chi connectivity index (χ2n) is 5.68. The molecule has 8 nitrogen and oxygen atoms in total. The Bertz CT molecular complexity index is 748. The van der Waals surface area contributed by atoms with E-state index in [1.54, 1.807) is 6.20 Å². The predicted molar refractivity (Wildman–Crippen MR) is 89.6 cm³/mol. The van der Waals surface area contributed by atoms with Gasteiger partial charge in [0, 0.05) is 12.4 Å². The van der Waals surface area contributed by atoms with Crippen LogP contribution < -0.4 is 10.6 Å². The van der Waals surface area contributed by atoms with E-state index in [9.17, 15) is 14.9 Å². The van der Waals surface area contributed by atoms with Crippen LogP contribution in [0, 0.1) is 23.0 Å². The number of urea groups is 1. The molecular weight excluding hydrogens is 310 g/mol. The summed E-state index contributed by atoms with van der Waals surface area (Å²) in [5, 5.41) is 16.3. The molecule has 1 atom stereocenters. The molecule has 126 valence electrons. The quantitative estimate of drug-likeness (QED) is 0.646. The Morgan fingerprint density at radius 1 is 1.29 bits per heavy atom. The van der Waals surface area contributed by atoms with Crippen LogP contribution in [0.5, 0.6) is 0 Å². The van der Waals surface area contributed by atoms with Gasteiger partial charge in [-0.05, 0) is 30.5 Å². The Morgan fingerprint density at radius 3 is 2.67 bits per heavy atom. The van der Waals surface area contributed by atoms with Crippen molar-refractivity contribution >= 4 is 17.4 Å². The van der Waals surface area contributed by atoms with Crippen molar-refractivity contribution in [2.75, 3.05) is 5.32 Å². The summed E-state index contributed by atoms with van der Waals surface area (Å²) in [5.74, 6) is 0.0942. The van der Waals surface area contributed by atoms with Crippen LogP contribution in [0.25, 0.3) is 0 Å². The fourth-order valence-corrected chi connectivity index (χ4v) is 2.31. The molecule has 2 heterocycles. The molecule has 2 aromatic rings.